The van der Waals surface area contributed by atoms with E-state index in [9.17, 15) is 5.26 Å². The quantitative estimate of drug-likeness (QED) is 0.148. The van der Waals surface area contributed by atoms with Crippen LogP contribution in [-0.4, -0.2) is 34.1 Å². The first-order valence-electron chi connectivity index (χ1n) is 15.3. The third-order valence-corrected chi connectivity index (χ3v) is 9.92. The fourth-order valence-corrected chi connectivity index (χ4v) is 7.37. The van der Waals surface area contributed by atoms with Crippen LogP contribution in [0.3, 0.4) is 0 Å². The van der Waals surface area contributed by atoms with Crippen molar-refractivity contribution in [3.05, 3.63) is 99.0 Å². The molecule has 0 atom stereocenters. The topological polar surface area (TPSA) is 54.1 Å². The summed E-state index contributed by atoms with van der Waals surface area (Å²) in [5.41, 5.74) is 5.56. The van der Waals surface area contributed by atoms with E-state index in [4.69, 9.17) is 21.3 Å². The summed E-state index contributed by atoms with van der Waals surface area (Å²) in [6.07, 6.45) is 8.04. The fourth-order valence-electron chi connectivity index (χ4n) is 6.13. The number of aromatic nitrogens is 2. The Morgan fingerprint density at radius 3 is 2.42 bits per heavy atom. The summed E-state index contributed by atoms with van der Waals surface area (Å²) < 4.78 is 8.26. The zero-order chi connectivity index (χ0) is 29.8. The summed E-state index contributed by atoms with van der Waals surface area (Å²) in [7, 11) is 0. The molecule has 0 amide bonds. The lowest BCUT2D eigenvalue weighted by Crippen LogP contribution is -2.33. The number of halogens is 1. The van der Waals surface area contributed by atoms with Gasteiger partial charge in [-0.2, -0.15) is 5.26 Å². The van der Waals surface area contributed by atoms with E-state index >= 15 is 0 Å². The van der Waals surface area contributed by atoms with Crippen LogP contribution in [0.15, 0.2) is 72.9 Å². The molecule has 0 radical (unpaired) electrons. The molecule has 1 aliphatic rings. The van der Waals surface area contributed by atoms with Gasteiger partial charge in [-0.15, -0.1) is 11.3 Å². The number of fused-ring (bicyclic) bond motifs is 1. The molecule has 43 heavy (non-hydrogen) atoms. The molecule has 6 rings (SSSR count). The highest BCUT2D eigenvalue weighted by Gasteiger charge is 2.24. The summed E-state index contributed by atoms with van der Waals surface area (Å²) in [4.78, 5) is 9.03. The van der Waals surface area contributed by atoms with Gasteiger partial charge in [0, 0.05) is 45.0 Å². The van der Waals surface area contributed by atoms with Crippen molar-refractivity contribution in [1.82, 2.24) is 14.5 Å². The van der Waals surface area contributed by atoms with Gasteiger partial charge in [0.1, 0.15) is 11.5 Å². The Kier molecular flexibility index (Phi) is 9.14. The molecule has 2 aromatic heterocycles. The Morgan fingerprint density at radius 1 is 1.00 bits per heavy atom. The van der Waals surface area contributed by atoms with Gasteiger partial charge in [0.15, 0.2) is 0 Å². The van der Waals surface area contributed by atoms with Crippen molar-refractivity contribution in [3.63, 3.8) is 0 Å². The number of rotatable bonds is 10. The van der Waals surface area contributed by atoms with Crippen LogP contribution in [-0.2, 0) is 13.0 Å². The number of thiazole rings is 1. The van der Waals surface area contributed by atoms with Crippen molar-refractivity contribution >= 4 is 33.8 Å². The Hall–Kier alpha value is -3.63. The molecule has 3 heterocycles. The average Bonchev–Trinajstić information content (AvgIpc) is 3.60. The van der Waals surface area contributed by atoms with Gasteiger partial charge in [0.05, 0.1) is 22.3 Å². The molecule has 1 aliphatic heterocycles. The number of piperidine rings is 1. The van der Waals surface area contributed by atoms with Crippen LogP contribution in [0.4, 0.5) is 0 Å². The van der Waals surface area contributed by atoms with E-state index in [1.54, 1.807) is 0 Å². The van der Waals surface area contributed by atoms with Crippen molar-refractivity contribution in [2.75, 3.05) is 19.6 Å². The Morgan fingerprint density at radius 2 is 1.72 bits per heavy atom. The minimum Gasteiger partial charge on any atom is -0.457 e. The Balaban J connectivity index is 0.991. The molecule has 0 saturated carbocycles. The molecular formula is C36H37ClN4OS. The fraction of sp³-hybridized carbons (Fsp3) is 0.333. The van der Waals surface area contributed by atoms with Crippen LogP contribution < -0.4 is 4.74 Å². The number of hydrogen-bond donors (Lipinski definition) is 0. The second-order valence-corrected chi connectivity index (χ2v) is 13.1. The number of aryl methyl sites for hydroxylation is 3. The first kappa shape index (κ1) is 29.4. The summed E-state index contributed by atoms with van der Waals surface area (Å²) >= 11 is 7.84. The van der Waals surface area contributed by atoms with Crippen LogP contribution in [0.5, 0.6) is 11.5 Å². The largest absolute Gasteiger partial charge is 0.457 e. The molecule has 1 fully saturated rings. The van der Waals surface area contributed by atoms with Crippen molar-refractivity contribution in [2.45, 2.75) is 58.4 Å². The van der Waals surface area contributed by atoms with E-state index in [-0.39, 0.29) is 0 Å². The third kappa shape index (κ3) is 6.80. The number of benzene rings is 3. The molecule has 220 valence electrons. The number of ether oxygens (including phenoxy) is 1. The Labute approximate surface area is 263 Å². The van der Waals surface area contributed by atoms with Crippen LogP contribution in [0, 0.1) is 18.3 Å². The summed E-state index contributed by atoms with van der Waals surface area (Å²) in [5, 5.41) is 12.6. The van der Waals surface area contributed by atoms with Gasteiger partial charge in [0.2, 0.25) is 0 Å². The highest BCUT2D eigenvalue weighted by molar-refractivity contribution is 7.12. The van der Waals surface area contributed by atoms with Gasteiger partial charge < -0.3 is 14.2 Å². The minimum atomic E-state index is 0.538. The van der Waals surface area contributed by atoms with Crippen molar-refractivity contribution in [3.8, 4) is 28.8 Å². The van der Waals surface area contributed by atoms with Gasteiger partial charge >= 0.3 is 0 Å². The number of unbranched alkanes of at least 4 members (excludes halogenated alkanes) is 1. The van der Waals surface area contributed by atoms with Crippen molar-refractivity contribution in [2.24, 2.45) is 0 Å². The zero-order valence-electron chi connectivity index (χ0n) is 24.9. The van der Waals surface area contributed by atoms with E-state index in [0.717, 1.165) is 67.3 Å². The molecular weight excluding hydrogens is 572 g/mol. The second-order valence-electron chi connectivity index (χ2n) is 11.4. The van der Waals surface area contributed by atoms with E-state index in [2.05, 4.69) is 59.8 Å². The van der Waals surface area contributed by atoms with Crippen LogP contribution in [0.1, 0.15) is 59.5 Å². The van der Waals surface area contributed by atoms with E-state index in [1.165, 1.54) is 45.6 Å². The molecule has 1 saturated heterocycles. The predicted molar refractivity (Wildman–Crippen MR) is 177 cm³/mol. The molecule has 0 N–H and O–H groups in total. The van der Waals surface area contributed by atoms with Gasteiger partial charge in [-0.05, 0) is 138 Å². The molecule has 0 spiro atoms. The van der Waals surface area contributed by atoms with Gasteiger partial charge in [0.25, 0.3) is 0 Å². The maximum atomic E-state index is 9.35. The summed E-state index contributed by atoms with van der Waals surface area (Å²) in [6, 6.07) is 24.0. The normalized spacial score (nSPS) is 14.3. The van der Waals surface area contributed by atoms with Crippen LogP contribution in [0.2, 0.25) is 5.02 Å². The summed E-state index contributed by atoms with van der Waals surface area (Å²) in [5.74, 6) is 2.11. The summed E-state index contributed by atoms with van der Waals surface area (Å²) in [6.45, 7) is 8.73. The molecule has 0 unspecified atom stereocenters. The SMILES string of the molecule is CCn1cc(CCCCN2CCC(c3nc(-c4ccc(Oc5ccc(Cl)cc5)cc4)c(C)s3)CC2)c2cc(C#N)ccc21. The van der Waals surface area contributed by atoms with Crippen molar-refractivity contribution < 1.29 is 4.74 Å². The number of likely N-dealkylation sites (tertiary alicyclic amines) is 1. The highest BCUT2D eigenvalue weighted by Crippen LogP contribution is 2.37. The molecule has 0 aliphatic carbocycles. The lowest BCUT2D eigenvalue weighted by Gasteiger charge is -2.31. The van der Waals surface area contributed by atoms with E-state index in [0.29, 0.717) is 10.9 Å². The first-order chi connectivity index (χ1) is 21.0. The highest BCUT2D eigenvalue weighted by atomic mass is 35.5. The van der Waals surface area contributed by atoms with Gasteiger partial charge in [-0.25, -0.2) is 4.98 Å². The lowest BCUT2D eigenvalue weighted by atomic mass is 9.97. The molecule has 3 aromatic carbocycles. The molecule has 0 bridgehead atoms. The first-order valence-corrected chi connectivity index (χ1v) is 16.5. The van der Waals surface area contributed by atoms with E-state index in [1.807, 2.05) is 53.8 Å². The number of nitriles is 1. The smallest absolute Gasteiger partial charge is 0.127 e. The van der Waals surface area contributed by atoms with Crippen molar-refractivity contribution in [1.29, 1.82) is 5.26 Å². The standard InChI is InChI=1S/C36H37ClN4OS/c1-3-41-24-29(33-22-26(23-38)7-16-34(33)41)6-4-5-19-40-20-17-28(18-21-40)36-39-35(25(2)43-36)27-8-12-31(13-9-27)42-32-14-10-30(37)11-15-32/h7-16,22,24,28H,3-6,17-21H2,1-2H3. The molecule has 7 heteroatoms. The van der Waals surface area contributed by atoms with Gasteiger partial charge in [-0.1, -0.05) is 11.6 Å². The predicted octanol–water partition coefficient (Wildman–Crippen LogP) is 9.61. The maximum absolute atomic E-state index is 9.35. The lowest BCUT2D eigenvalue weighted by molar-refractivity contribution is 0.209. The molecule has 5 nitrogen and oxygen atoms in total. The van der Waals surface area contributed by atoms with Crippen LogP contribution in [0.25, 0.3) is 22.2 Å². The maximum Gasteiger partial charge on any atom is 0.127 e. The van der Waals surface area contributed by atoms with Crippen LogP contribution >= 0.6 is 22.9 Å². The second kappa shape index (κ2) is 13.3. The van der Waals surface area contributed by atoms with E-state index < -0.39 is 0 Å². The average molecular weight is 609 g/mol. The number of nitrogens with zero attached hydrogens (tertiary/aromatic N) is 4. The Bertz CT molecular complexity index is 1720. The minimum absolute atomic E-state index is 0.538. The van der Waals surface area contributed by atoms with Gasteiger partial charge in [-0.3, -0.25) is 0 Å². The zero-order valence-corrected chi connectivity index (χ0v) is 26.4. The number of hydrogen-bond acceptors (Lipinski definition) is 5. The molecule has 5 aromatic rings. The monoisotopic (exact) mass is 608 g/mol. The third-order valence-electron chi connectivity index (χ3n) is 8.53.